The van der Waals surface area contributed by atoms with Crippen LogP contribution in [-0.4, -0.2) is 22.9 Å². The number of carbonyl (C=O) groups excluding carboxylic acids is 2. The molecule has 1 amide bonds. The van der Waals surface area contributed by atoms with Gasteiger partial charge in [-0.3, -0.25) is 14.9 Å². The van der Waals surface area contributed by atoms with E-state index in [0.29, 0.717) is 10.7 Å². The molecule has 25 heavy (non-hydrogen) atoms. The number of benzene rings is 2. The number of hydrogen-bond acceptors (Lipinski definition) is 6. The maximum Gasteiger partial charge on any atom is 0.341 e. The van der Waals surface area contributed by atoms with Crippen LogP contribution in [0.3, 0.4) is 0 Å². The fourth-order valence-electron chi connectivity index (χ4n) is 1.90. The molecule has 0 aliphatic carbocycles. The number of nitrogens with zero attached hydrogens (tertiary/aromatic N) is 1. The van der Waals surface area contributed by atoms with E-state index in [9.17, 15) is 19.7 Å². The Morgan fingerprint density at radius 1 is 1.24 bits per heavy atom. The molecule has 130 valence electrons. The van der Waals surface area contributed by atoms with Gasteiger partial charge in [-0.25, -0.2) is 4.79 Å². The molecule has 2 aromatic carbocycles. The van der Waals surface area contributed by atoms with Crippen molar-refractivity contribution in [3.63, 3.8) is 0 Å². The summed E-state index contributed by atoms with van der Waals surface area (Å²) in [5.41, 5.74) is 5.71. The van der Waals surface area contributed by atoms with Crippen molar-refractivity contribution in [2.24, 2.45) is 0 Å². The number of nitrogen functional groups attached to an aromatic ring is 1. The van der Waals surface area contributed by atoms with E-state index in [1.807, 2.05) is 0 Å². The van der Waals surface area contributed by atoms with Crippen LogP contribution in [0.25, 0.3) is 0 Å². The molecule has 0 unspecified atom stereocenters. The maximum absolute atomic E-state index is 12.1. The average Bonchev–Trinajstić information content (AvgIpc) is 2.56. The van der Waals surface area contributed by atoms with Crippen LogP contribution in [0.2, 0.25) is 5.02 Å². The highest BCUT2D eigenvalue weighted by atomic mass is 35.5. The van der Waals surface area contributed by atoms with E-state index in [-0.39, 0.29) is 16.9 Å². The van der Waals surface area contributed by atoms with Gasteiger partial charge >= 0.3 is 5.97 Å². The second kappa shape index (κ2) is 7.63. The molecule has 0 spiro atoms. The van der Waals surface area contributed by atoms with Gasteiger partial charge in [0.05, 0.1) is 16.2 Å². The topological polar surface area (TPSA) is 125 Å². The van der Waals surface area contributed by atoms with Crippen molar-refractivity contribution in [3.05, 3.63) is 63.2 Å². The second-order valence-corrected chi connectivity index (χ2v) is 5.51. The zero-order chi connectivity index (χ0) is 18.6. The Kier molecular flexibility index (Phi) is 5.56. The van der Waals surface area contributed by atoms with Crippen LogP contribution in [0.15, 0.2) is 42.5 Å². The summed E-state index contributed by atoms with van der Waals surface area (Å²) >= 11 is 5.76. The molecule has 8 nitrogen and oxygen atoms in total. The summed E-state index contributed by atoms with van der Waals surface area (Å²) in [6, 6.07) is 9.77. The number of carbonyl (C=O) groups is 2. The highest BCUT2D eigenvalue weighted by Crippen LogP contribution is 2.21. The van der Waals surface area contributed by atoms with Gasteiger partial charge in [0.1, 0.15) is 0 Å². The minimum atomic E-state index is -1.10. The van der Waals surface area contributed by atoms with Gasteiger partial charge in [0, 0.05) is 22.8 Å². The number of nitrogens with two attached hydrogens (primary N) is 1. The summed E-state index contributed by atoms with van der Waals surface area (Å²) < 4.78 is 5.05. The number of hydrogen-bond donors (Lipinski definition) is 2. The predicted molar refractivity (Wildman–Crippen MR) is 92.5 cm³/mol. The van der Waals surface area contributed by atoms with Crippen LogP contribution in [0.4, 0.5) is 17.1 Å². The lowest BCUT2D eigenvalue weighted by atomic mass is 10.1. The van der Waals surface area contributed by atoms with Gasteiger partial charge in [-0.1, -0.05) is 11.6 Å². The Morgan fingerprint density at radius 2 is 1.88 bits per heavy atom. The highest BCUT2D eigenvalue weighted by molar-refractivity contribution is 6.30. The van der Waals surface area contributed by atoms with Crippen molar-refractivity contribution >= 4 is 40.5 Å². The van der Waals surface area contributed by atoms with E-state index in [0.717, 1.165) is 12.1 Å². The molecular weight excluding hydrogens is 350 g/mol. The first kappa shape index (κ1) is 18.2. The molecule has 1 atom stereocenters. The van der Waals surface area contributed by atoms with Crippen LogP contribution in [0.5, 0.6) is 0 Å². The summed E-state index contributed by atoms with van der Waals surface area (Å²) in [7, 11) is 0. The lowest BCUT2D eigenvalue weighted by Gasteiger charge is -2.14. The summed E-state index contributed by atoms with van der Waals surface area (Å²) in [5.74, 6) is -1.40. The van der Waals surface area contributed by atoms with E-state index in [4.69, 9.17) is 22.1 Å². The highest BCUT2D eigenvalue weighted by Gasteiger charge is 2.21. The zero-order valence-electron chi connectivity index (χ0n) is 13.1. The fraction of sp³-hybridized carbons (Fsp3) is 0.125. The second-order valence-electron chi connectivity index (χ2n) is 5.07. The largest absolute Gasteiger partial charge is 0.449 e. The quantitative estimate of drug-likeness (QED) is 0.364. The van der Waals surface area contributed by atoms with Crippen LogP contribution < -0.4 is 11.1 Å². The molecule has 0 saturated heterocycles. The summed E-state index contributed by atoms with van der Waals surface area (Å²) in [6.07, 6.45) is -1.10. The number of nitro benzene ring substituents is 1. The first-order valence-corrected chi connectivity index (χ1v) is 7.47. The molecule has 0 aliphatic rings. The number of anilines is 2. The number of non-ortho nitro benzene ring substituents is 1. The molecule has 0 fully saturated rings. The third-order valence-corrected chi connectivity index (χ3v) is 3.48. The van der Waals surface area contributed by atoms with E-state index >= 15 is 0 Å². The summed E-state index contributed by atoms with van der Waals surface area (Å²) in [6.45, 7) is 1.39. The van der Waals surface area contributed by atoms with Crippen molar-refractivity contribution in [1.29, 1.82) is 0 Å². The van der Waals surface area contributed by atoms with Crippen molar-refractivity contribution in [3.8, 4) is 0 Å². The lowest BCUT2D eigenvalue weighted by molar-refractivity contribution is -0.384. The van der Waals surface area contributed by atoms with E-state index in [2.05, 4.69) is 5.32 Å². The zero-order valence-corrected chi connectivity index (χ0v) is 13.8. The van der Waals surface area contributed by atoms with Gasteiger partial charge in [0.25, 0.3) is 11.6 Å². The number of nitrogens with one attached hydrogen (secondary N) is 1. The molecule has 0 saturated carbocycles. The molecule has 2 rings (SSSR count). The van der Waals surface area contributed by atoms with Crippen molar-refractivity contribution < 1.29 is 19.2 Å². The van der Waals surface area contributed by atoms with Crippen LogP contribution in [-0.2, 0) is 9.53 Å². The Bertz CT molecular complexity index is 823. The lowest BCUT2D eigenvalue weighted by Crippen LogP contribution is -2.30. The number of halogens is 1. The number of ether oxygens (including phenoxy) is 1. The first-order chi connectivity index (χ1) is 11.8. The normalized spacial score (nSPS) is 11.4. The van der Waals surface area contributed by atoms with Gasteiger partial charge in [-0.05, 0) is 37.3 Å². The molecular formula is C16H14ClN3O5. The van der Waals surface area contributed by atoms with Crippen molar-refractivity contribution in [2.75, 3.05) is 11.1 Å². The number of nitro groups is 1. The summed E-state index contributed by atoms with van der Waals surface area (Å²) in [4.78, 5) is 34.2. The Hall–Kier alpha value is -3.13. The number of esters is 1. The third-order valence-electron chi connectivity index (χ3n) is 3.23. The van der Waals surface area contributed by atoms with E-state index in [1.54, 1.807) is 24.3 Å². The van der Waals surface area contributed by atoms with Gasteiger partial charge in [0.2, 0.25) is 0 Å². The molecule has 0 heterocycles. The average molecular weight is 364 g/mol. The van der Waals surface area contributed by atoms with Crippen molar-refractivity contribution in [1.82, 2.24) is 0 Å². The molecule has 0 aromatic heterocycles. The van der Waals surface area contributed by atoms with Crippen LogP contribution >= 0.6 is 11.6 Å². The molecule has 0 aliphatic heterocycles. The Labute approximate surface area is 147 Å². The SMILES string of the molecule is C[C@@H](OC(=O)c1ccc([N+](=O)[O-])cc1N)C(=O)Nc1ccc(Cl)cc1. The van der Waals surface area contributed by atoms with Gasteiger partial charge in [-0.15, -0.1) is 0 Å². The Balaban J connectivity index is 2.02. The third kappa shape index (κ3) is 4.67. The summed E-state index contributed by atoms with van der Waals surface area (Å²) in [5, 5.41) is 13.8. The predicted octanol–water partition coefficient (Wildman–Crippen LogP) is 3.01. The fourth-order valence-corrected chi connectivity index (χ4v) is 2.03. The maximum atomic E-state index is 12.1. The van der Waals surface area contributed by atoms with Crippen molar-refractivity contribution in [2.45, 2.75) is 13.0 Å². The monoisotopic (exact) mass is 363 g/mol. The molecule has 3 N–H and O–H groups in total. The number of rotatable bonds is 5. The Morgan fingerprint density at radius 3 is 2.44 bits per heavy atom. The minimum absolute atomic E-state index is 0.0586. The molecule has 0 radical (unpaired) electrons. The van der Waals surface area contributed by atoms with E-state index < -0.39 is 22.9 Å². The van der Waals surface area contributed by atoms with Gasteiger partial charge in [0.15, 0.2) is 6.10 Å². The number of amides is 1. The van der Waals surface area contributed by atoms with Gasteiger partial charge in [-0.2, -0.15) is 0 Å². The van der Waals surface area contributed by atoms with E-state index in [1.165, 1.54) is 13.0 Å². The molecule has 0 bridgehead atoms. The smallest absolute Gasteiger partial charge is 0.341 e. The molecule has 9 heteroatoms. The van der Waals surface area contributed by atoms with Gasteiger partial charge < -0.3 is 15.8 Å². The standard InChI is InChI=1S/C16H14ClN3O5/c1-9(15(21)19-11-4-2-10(17)3-5-11)25-16(22)13-7-6-12(20(23)24)8-14(13)18/h2-9H,18H2,1H3,(H,19,21)/t9-/m1/s1. The molecule has 2 aromatic rings. The van der Waals surface area contributed by atoms with Crippen LogP contribution in [0.1, 0.15) is 17.3 Å². The van der Waals surface area contributed by atoms with Crippen LogP contribution in [0, 0.1) is 10.1 Å². The first-order valence-electron chi connectivity index (χ1n) is 7.09. The minimum Gasteiger partial charge on any atom is -0.449 e.